The van der Waals surface area contributed by atoms with Crippen LogP contribution >= 0.6 is 0 Å². The molecule has 3 aromatic heterocycles. The van der Waals surface area contributed by atoms with Crippen molar-refractivity contribution in [2.24, 2.45) is 7.05 Å². The summed E-state index contributed by atoms with van der Waals surface area (Å²) in [5.74, 6) is -0.890. The molecule has 1 unspecified atom stereocenters. The molecule has 1 aliphatic heterocycles. The number of benzene rings is 1. The zero-order chi connectivity index (χ0) is 24.5. The van der Waals surface area contributed by atoms with E-state index in [9.17, 15) is 13.6 Å². The van der Waals surface area contributed by atoms with Gasteiger partial charge in [-0.1, -0.05) is 0 Å². The quantitative estimate of drug-likeness (QED) is 0.412. The topological polar surface area (TPSA) is 74.8 Å². The molecule has 1 saturated heterocycles. The van der Waals surface area contributed by atoms with Gasteiger partial charge in [0.25, 0.3) is 5.56 Å². The fraction of sp³-hybridized carbons (Fsp3) is 0.385. The maximum atomic E-state index is 14.0. The normalized spacial score (nSPS) is 17.8. The van der Waals surface area contributed by atoms with Gasteiger partial charge < -0.3 is 4.74 Å². The standard InChI is InChI=1S/C15H11F2N3O.C11H16N2O/c1-8-19-14-13(15(21)20(8)2)11(5-6-18-14)10-4-3-9(16)7-12(10)17;1-2-6-14-11(3-1)9-7-12-13(8-9)10-4-5-10/h3-7H,1-2H3;7-8,10-11H,1-6H2. The summed E-state index contributed by atoms with van der Waals surface area (Å²) >= 11 is 0. The van der Waals surface area contributed by atoms with Gasteiger partial charge in [-0.25, -0.2) is 18.7 Å². The number of rotatable bonds is 3. The van der Waals surface area contributed by atoms with Crippen molar-refractivity contribution in [1.82, 2.24) is 24.3 Å². The summed E-state index contributed by atoms with van der Waals surface area (Å²) < 4.78 is 36.2. The zero-order valence-corrected chi connectivity index (χ0v) is 19.7. The van der Waals surface area contributed by atoms with Crippen LogP contribution in [0.3, 0.4) is 0 Å². The van der Waals surface area contributed by atoms with Gasteiger partial charge in [0.15, 0.2) is 5.65 Å². The summed E-state index contributed by atoms with van der Waals surface area (Å²) in [5.41, 5.74) is 1.70. The molecule has 6 rings (SSSR count). The van der Waals surface area contributed by atoms with E-state index < -0.39 is 11.6 Å². The monoisotopic (exact) mass is 479 g/mol. The van der Waals surface area contributed by atoms with Gasteiger partial charge in [0.05, 0.1) is 23.7 Å². The highest BCUT2D eigenvalue weighted by molar-refractivity contribution is 5.91. The van der Waals surface area contributed by atoms with Gasteiger partial charge >= 0.3 is 0 Å². The molecule has 2 aliphatic rings. The predicted molar refractivity (Wildman–Crippen MR) is 128 cm³/mol. The summed E-state index contributed by atoms with van der Waals surface area (Å²) in [4.78, 5) is 20.7. The molecule has 1 atom stereocenters. The Bertz CT molecular complexity index is 1420. The lowest BCUT2D eigenvalue weighted by molar-refractivity contribution is 0.0149. The van der Waals surface area contributed by atoms with E-state index in [1.54, 1.807) is 14.0 Å². The van der Waals surface area contributed by atoms with Crippen molar-refractivity contribution < 1.29 is 13.5 Å². The molecule has 0 N–H and O–H groups in total. The number of hydrogen-bond donors (Lipinski definition) is 0. The van der Waals surface area contributed by atoms with E-state index >= 15 is 0 Å². The lowest BCUT2D eigenvalue weighted by atomic mass is 10.0. The van der Waals surface area contributed by atoms with Crippen molar-refractivity contribution in [1.29, 1.82) is 0 Å². The summed E-state index contributed by atoms with van der Waals surface area (Å²) in [6.07, 6.45) is 12.2. The van der Waals surface area contributed by atoms with Crippen LogP contribution in [-0.4, -0.2) is 30.9 Å². The molecule has 2 fully saturated rings. The Hall–Kier alpha value is -3.46. The zero-order valence-electron chi connectivity index (χ0n) is 19.7. The number of ether oxygens (including phenoxy) is 1. The lowest BCUT2D eigenvalue weighted by Gasteiger charge is -2.21. The number of fused-ring (bicyclic) bond motifs is 1. The highest BCUT2D eigenvalue weighted by Crippen LogP contribution is 2.36. The second-order valence-electron chi connectivity index (χ2n) is 9.04. The number of pyridine rings is 1. The number of aromatic nitrogens is 5. The van der Waals surface area contributed by atoms with Crippen molar-refractivity contribution >= 4 is 11.0 Å². The van der Waals surface area contributed by atoms with Gasteiger partial charge in [-0.15, -0.1) is 0 Å². The Morgan fingerprint density at radius 2 is 1.91 bits per heavy atom. The Morgan fingerprint density at radius 3 is 2.63 bits per heavy atom. The summed E-state index contributed by atoms with van der Waals surface area (Å²) in [6.45, 7) is 2.60. The third-order valence-electron chi connectivity index (χ3n) is 6.52. The third-order valence-corrected chi connectivity index (χ3v) is 6.52. The first-order valence-electron chi connectivity index (χ1n) is 11.9. The first kappa shape index (κ1) is 23.3. The number of hydrogen-bond acceptors (Lipinski definition) is 5. The summed E-state index contributed by atoms with van der Waals surface area (Å²) in [7, 11) is 1.59. The SMILES string of the molecule is Cc1nc2nccc(-c3ccc(F)cc3F)c2c(=O)n1C.c1nn(C2CC2)cc1C1CCCCO1. The molecule has 1 aromatic carbocycles. The largest absolute Gasteiger partial charge is 0.373 e. The second kappa shape index (κ2) is 9.65. The molecule has 7 nitrogen and oxygen atoms in total. The van der Waals surface area contributed by atoms with E-state index in [4.69, 9.17) is 4.74 Å². The van der Waals surface area contributed by atoms with E-state index in [0.717, 1.165) is 25.2 Å². The molecule has 182 valence electrons. The Morgan fingerprint density at radius 1 is 1.09 bits per heavy atom. The van der Waals surface area contributed by atoms with Crippen LogP contribution in [0.5, 0.6) is 0 Å². The maximum absolute atomic E-state index is 14.0. The van der Waals surface area contributed by atoms with Crippen LogP contribution in [0.25, 0.3) is 22.2 Å². The first-order chi connectivity index (χ1) is 16.9. The van der Waals surface area contributed by atoms with Crippen LogP contribution in [0.1, 0.15) is 55.6 Å². The fourth-order valence-corrected chi connectivity index (χ4v) is 4.28. The summed E-state index contributed by atoms with van der Waals surface area (Å²) in [5, 5.41) is 4.61. The van der Waals surface area contributed by atoms with Crippen molar-refractivity contribution in [3.8, 4) is 11.1 Å². The van der Waals surface area contributed by atoms with Crippen molar-refractivity contribution in [3.63, 3.8) is 0 Å². The lowest BCUT2D eigenvalue weighted by Crippen LogP contribution is -2.21. The molecular weight excluding hydrogens is 452 g/mol. The van der Waals surface area contributed by atoms with Crippen LogP contribution in [0, 0.1) is 18.6 Å². The van der Waals surface area contributed by atoms with E-state index in [2.05, 4.69) is 25.9 Å². The van der Waals surface area contributed by atoms with Crippen LogP contribution in [0.2, 0.25) is 0 Å². The number of halogens is 2. The van der Waals surface area contributed by atoms with Crippen LogP contribution in [0.15, 0.2) is 47.7 Å². The average molecular weight is 480 g/mol. The average Bonchev–Trinajstić information content (AvgIpc) is 3.59. The predicted octanol–water partition coefficient (Wildman–Crippen LogP) is 5.04. The van der Waals surface area contributed by atoms with E-state index in [0.29, 0.717) is 23.5 Å². The number of nitrogens with zero attached hydrogens (tertiary/aromatic N) is 5. The molecule has 4 heterocycles. The minimum absolute atomic E-state index is 0.145. The van der Waals surface area contributed by atoms with Crippen molar-refractivity contribution in [2.75, 3.05) is 6.61 Å². The van der Waals surface area contributed by atoms with E-state index in [-0.39, 0.29) is 22.2 Å². The Kier molecular flexibility index (Phi) is 6.42. The van der Waals surface area contributed by atoms with Crippen LogP contribution in [0.4, 0.5) is 8.78 Å². The van der Waals surface area contributed by atoms with Gasteiger partial charge in [0, 0.05) is 48.8 Å². The van der Waals surface area contributed by atoms with Gasteiger partial charge in [0.1, 0.15) is 17.5 Å². The molecule has 0 bridgehead atoms. The van der Waals surface area contributed by atoms with Crippen molar-refractivity contribution in [2.45, 2.75) is 51.2 Å². The molecule has 35 heavy (non-hydrogen) atoms. The highest BCUT2D eigenvalue weighted by Gasteiger charge is 2.26. The minimum Gasteiger partial charge on any atom is -0.373 e. The number of aryl methyl sites for hydroxylation is 1. The smallest absolute Gasteiger partial charge is 0.263 e. The van der Waals surface area contributed by atoms with E-state index in [1.165, 1.54) is 54.1 Å². The Balaban J connectivity index is 0.000000156. The summed E-state index contributed by atoms with van der Waals surface area (Å²) in [6, 6.07) is 5.45. The molecule has 0 amide bonds. The van der Waals surface area contributed by atoms with Gasteiger partial charge in [-0.2, -0.15) is 5.10 Å². The molecule has 4 aromatic rings. The molecule has 1 aliphatic carbocycles. The third kappa shape index (κ3) is 4.86. The second-order valence-corrected chi connectivity index (χ2v) is 9.04. The van der Waals surface area contributed by atoms with Gasteiger partial charge in [-0.3, -0.25) is 14.0 Å². The van der Waals surface area contributed by atoms with Crippen molar-refractivity contribution in [3.05, 3.63) is 76.2 Å². The highest BCUT2D eigenvalue weighted by atomic mass is 19.1. The molecular formula is C26H27F2N5O2. The van der Waals surface area contributed by atoms with E-state index in [1.807, 2.05) is 6.20 Å². The Labute approximate surface area is 201 Å². The molecule has 1 saturated carbocycles. The van der Waals surface area contributed by atoms with Crippen LogP contribution in [-0.2, 0) is 11.8 Å². The first-order valence-corrected chi connectivity index (χ1v) is 11.9. The molecule has 0 radical (unpaired) electrons. The fourth-order valence-electron chi connectivity index (χ4n) is 4.28. The molecule has 9 heteroatoms. The van der Waals surface area contributed by atoms with Gasteiger partial charge in [0.2, 0.25) is 0 Å². The van der Waals surface area contributed by atoms with Gasteiger partial charge in [-0.05, 0) is 57.2 Å². The minimum atomic E-state index is -0.731. The van der Waals surface area contributed by atoms with Crippen LogP contribution < -0.4 is 5.56 Å². The molecule has 0 spiro atoms. The maximum Gasteiger partial charge on any atom is 0.263 e.